The SMILES string of the molecule is Cc1csc([C@@H](Cc2ccsc2)NC(=O)c2ccc(=O)n(C)c2)n1. The predicted octanol–water partition coefficient (Wildman–Crippen LogP) is 2.93. The van der Waals surface area contributed by atoms with E-state index in [0.717, 1.165) is 10.7 Å². The van der Waals surface area contributed by atoms with Gasteiger partial charge >= 0.3 is 0 Å². The molecule has 0 fully saturated rings. The van der Waals surface area contributed by atoms with Crippen LogP contribution in [0.3, 0.4) is 0 Å². The van der Waals surface area contributed by atoms with Crippen LogP contribution >= 0.6 is 22.7 Å². The first-order valence-electron chi connectivity index (χ1n) is 7.43. The number of thiophene rings is 1. The van der Waals surface area contributed by atoms with E-state index in [0.29, 0.717) is 12.0 Å². The van der Waals surface area contributed by atoms with Crippen molar-refractivity contribution in [2.24, 2.45) is 7.05 Å². The zero-order chi connectivity index (χ0) is 17.1. The highest BCUT2D eigenvalue weighted by Gasteiger charge is 2.20. The van der Waals surface area contributed by atoms with Gasteiger partial charge in [0, 0.05) is 36.8 Å². The summed E-state index contributed by atoms with van der Waals surface area (Å²) < 4.78 is 1.40. The molecule has 0 aliphatic carbocycles. The highest BCUT2D eigenvalue weighted by atomic mass is 32.1. The molecular weight excluding hydrogens is 342 g/mol. The van der Waals surface area contributed by atoms with Crippen LogP contribution in [0.15, 0.2) is 45.3 Å². The molecule has 0 radical (unpaired) electrons. The lowest BCUT2D eigenvalue weighted by atomic mass is 10.1. The molecule has 0 unspecified atom stereocenters. The maximum absolute atomic E-state index is 12.6. The quantitative estimate of drug-likeness (QED) is 0.762. The second-order valence-corrected chi connectivity index (χ2v) is 7.23. The van der Waals surface area contributed by atoms with Gasteiger partial charge in [-0.3, -0.25) is 9.59 Å². The maximum atomic E-state index is 12.6. The van der Waals surface area contributed by atoms with E-state index in [-0.39, 0.29) is 17.5 Å². The average Bonchev–Trinajstić information content (AvgIpc) is 3.21. The van der Waals surface area contributed by atoms with Crippen molar-refractivity contribution < 1.29 is 4.79 Å². The van der Waals surface area contributed by atoms with E-state index < -0.39 is 0 Å². The van der Waals surface area contributed by atoms with Gasteiger partial charge in [0.25, 0.3) is 5.91 Å². The Morgan fingerprint density at radius 3 is 2.79 bits per heavy atom. The fraction of sp³-hybridized carbons (Fsp3) is 0.235. The van der Waals surface area contributed by atoms with Gasteiger partial charge in [0.2, 0.25) is 5.56 Å². The van der Waals surface area contributed by atoms with Crippen molar-refractivity contribution in [2.45, 2.75) is 19.4 Å². The van der Waals surface area contributed by atoms with Gasteiger partial charge in [-0.2, -0.15) is 11.3 Å². The lowest BCUT2D eigenvalue weighted by Crippen LogP contribution is -2.31. The summed E-state index contributed by atoms with van der Waals surface area (Å²) in [5, 5.41) is 10.0. The molecule has 7 heteroatoms. The van der Waals surface area contributed by atoms with E-state index in [9.17, 15) is 9.59 Å². The van der Waals surface area contributed by atoms with Gasteiger partial charge in [-0.1, -0.05) is 0 Å². The number of thiazole rings is 1. The van der Waals surface area contributed by atoms with Crippen LogP contribution in [0.25, 0.3) is 0 Å². The van der Waals surface area contributed by atoms with Crippen molar-refractivity contribution in [3.05, 3.63) is 72.7 Å². The van der Waals surface area contributed by atoms with Crippen LogP contribution in [0.2, 0.25) is 0 Å². The first-order chi connectivity index (χ1) is 11.5. The van der Waals surface area contributed by atoms with E-state index in [1.807, 2.05) is 17.7 Å². The first-order valence-corrected chi connectivity index (χ1v) is 9.26. The van der Waals surface area contributed by atoms with Gasteiger partial charge in [-0.05, 0) is 35.4 Å². The Balaban J connectivity index is 1.83. The van der Waals surface area contributed by atoms with Gasteiger partial charge in [0.05, 0.1) is 11.6 Å². The molecule has 1 atom stereocenters. The summed E-state index contributed by atoms with van der Waals surface area (Å²) in [6.45, 7) is 1.94. The second-order valence-electron chi connectivity index (χ2n) is 5.56. The number of nitrogens with zero attached hydrogens (tertiary/aromatic N) is 2. The third kappa shape index (κ3) is 3.80. The Hall–Kier alpha value is -2.25. The van der Waals surface area contributed by atoms with Crippen molar-refractivity contribution in [2.75, 3.05) is 0 Å². The van der Waals surface area contributed by atoms with Crippen molar-refractivity contribution in [1.82, 2.24) is 14.9 Å². The minimum Gasteiger partial charge on any atom is -0.342 e. The van der Waals surface area contributed by atoms with E-state index >= 15 is 0 Å². The molecule has 0 saturated carbocycles. The average molecular weight is 359 g/mol. The predicted molar refractivity (Wildman–Crippen MR) is 96.8 cm³/mol. The normalized spacial score (nSPS) is 12.1. The molecule has 0 spiro atoms. The summed E-state index contributed by atoms with van der Waals surface area (Å²) in [5.41, 5.74) is 2.43. The Labute approximate surface area is 147 Å². The van der Waals surface area contributed by atoms with Crippen LogP contribution in [0, 0.1) is 6.92 Å². The van der Waals surface area contributed by atoms with Crippen LogP contribution in [-0.4, -0.2) is 15.5 Å². The summed E-state index contributed by atoms with van der Waals surface area (Å²) in [6.07, 6.45) is 2.24. The monoisotopic (exact) mass is 359 g/mol. The number of hydrogen-bond acceptors (Lipinski definition) is 5. The largest absolute Gasteiger partial charge is 0.342 e. The highest BCUT2D eigenvalue weighted by molar-refractivity contribution is 7.09. The standard InChI is InChI=1S/C17H17N3O2S2/c1-11-9-24-17(18-11)14(7-12-5-6-23-10-12)19-16(22)13-3-4-15(21)20(2)8-13/h3-6,8-10,14H,7H2,1-2H3,(H,19,22)/t14-/m1/s1. The van der Waals surface area contributed by atoms with Crippen molar-refractivity contribution in [1.29, 1.82) is 0 Å². The number of carbonyl (C=O) groups is 1. The molecule has 0 saturated heterocycles. The molecule has 0 bridgehead atoms. The second kappa shape index (κ2) is 7.11. The lowest BCUT2D eigenvalue weighted by molar-refractivity contribution is 0.0935. The summed E-state index contributed by atoms with van der Waals surface area (Å²) in [6, 6.07) is 4.81. The fourth-order valence-electron chi connectivity index (χ4n) is 2.35. The third-order valence-electron chi connectivity index (χ3n) is 3.61. The molecular formula is C17H17N3O2S2. The van der Waals surface area contributed by atoms with Gasteiger partial charge in [-0.15, -0.1) is 11.3 Å². The number of rotatable bonds is 5. The topological polar surface area (TPSA) is 64.0 Å². The summed E-state index contributed by atoms with van der Waals surface area (Å²) in [7, 11) is 1.63. The van der Waals surface area contributed by atoms with Gasteiger partial charge in [0.15, 0.2) is 0 Å². The molecule has 1 N–H and O–H groups in total. The molecule has 0 aromatic carbocycles. The Morgan fingerprint density at radius 1 is 1.33 bits per heavy atom. The molecule has 0 aliphatic heterocycles. The fourth-order valence-corrected chi connectivity index (χ4v) is 3.88. The molecule has 3 heterocycles. The molecule has 3 aromatic heterocycles. The van der Waals surface area contributed by atoms with Crippen LogP contribution in [-0.2, 0) is 13.5 Å². The van der Waals surface area contributed by atoms with Gasteiger partial charge in [-0.25, -0.2) is 4.98 Å². The number of amides is 1. The van der Waals surface area contributed by atoms with E-state index in [1.54, 1.807) is 42.0 Å². The minimum absolute atomic E-state index is 0.142. The number of hydrogen-bond donors (Lipinski definition) is 1. The highest BCUT2D eigenvalue weighted by Crippen LogP contribution is 2.23. The van der Waals surface area contributed by atoms with Crippen molar-refractivity contribution in [3.63, 3.8) is 0 Å². The smallest absolute Gasteiger partial charge is 0.253 e. The number of aromatic nitrogens is 2. The van der Waals surface area contributed by atoms with E-state index in [4.69, 9.17) is 0 Å². The number of aryl methyl sites for hydroxylation is 2. The maximum Gasteiger partial charge on any atom is 0.253 e. The zero-order valence-electron chi connectivity index (χ0n) is 13.4. The molecule has 24 heavy (non-hydrogen) atoms. The van der Waals surface area contributed by atoms with Crippen LogP contribution in [0.4, 0.5) is 0 Å². The van der Waals surface area contributed by atoms with E-state index in [1.165, 1.54) is 16.2 Å². The van der Waals surface area contributed by atoms with Gasteiger partial charge in [0.1, 0.15) is 5.01 Å². The number of nitrogens with one attached hydrogen (secondary N) is 1. The van der Waals surface area contributed by atoms with Crippen LogP contribution in [0.5, 0.6) is 0 Å². The summed E-state index contributed by atoms with van der Waals surface area (Å²) >= 11 is 3.18. The molecule has 0 aliphatic rings. The van der Waals surface area contributed by atoms with Gasteiger partial charge < -0.3 is 9.88 Å². The Morgan fingerprint density at radius 2 is 2.17 bits per heavy atom. The summed E-state index contributed by atoms with van der Waals surface area (Å²) in [4.78, 5) is 28.6. The van der Waals surface area contributed by atoms with Crippen LogP contribution in [0.1, 0.15) is 32.7 Å². The minimum atomic E-state index is -0.210. The zero-order valence-corrected chi connectivity index (χ0v) is 15.0. The summed E-state index contributed by atoms with van der Waals surface area (Å²) in [5.74, 6) is -0.210. The lowest BCUT2D eigenvalue weighted by Gasteiger charge is -2.16. The van der Waals surface area contributed by atoms with Crippen LogP contribution < -0.4 is 10.9 Å². The molecule has 3 rings (SSSR count). The number of pyridine rings is 1. The Kier molecular flexibility index (Phi) is 4.92. The van der Waals surface area contributed by atoms with E-state index in [2.05, 4.69) is 21.7 Å². The number of carbonyl (C=O) groups excluding carboxylic acids is 1. The third-order valence-corrected chi connectivity index (χ3v) is 5.42. The molecule has 124 valence electrons. The Bertz CT molecular complexity index is 897. The van der Waals surface area contributed by atoms with Crippen molar-refractivity contribution >= 4 is 28.6 Å². The first kappa shape index (κ1) is 16.6. The molecule has 5 nitrogen and oxygen atoms in total. The molecule has 3 aromatic rings. The van der Waals surface area contributed by atoms with Crippen molar-refractivity contribution in [3.8, 4) is 0 Å². The molecule has 1 amide bonds.